The van der Waals surface area contributed by atoms with E-state index < -0.39 is 29.5 Å². The molecule has 11 rings (SSSR count). The zero-order chi connectivity index (χ0) is 58.5. The second-order valence-electron chi connectivity index (χ2n) is 24.1. The number of fused-ring (bicyclic) bond motifs is 4. The molecule has 4 fully saturated rings. The average Bonchev–Trinajstić information content (AvgIpc) is 4.41. The van der Waals surface area contributed by atoms with Crippen molar-refractivity contribution in [3.05, 3.63) is 130 Å². The van der Waals surface area contributed by atoms with Crippen molar-refractivity contribution in [2.24, 2.45) is 5.41 Å². The molecule has 6 atom stereocenters. The number of hydrogen-bond donors (Lipinski definition) is 3. The number of amides is 4. The summed E-state index contributed by atoms with van der Waals surface area (Å²) in [7, 11) is 0. The molecule has 4 saturated heterocycles. The highest BCUT2D eigenvalue weighted by Crippen LogP contribution is 2.40. The van der Waals surface area contributed by atoms with Crippen LogP contribution in [0.4, 0.5) is 16.3 Å². The first-order valence-electron chi connectivity index (χ1n) is 29.7. The van der Waals surface area contributed by atoms with Crippen LogP contribution in [-0.4, -0.2) is 154 Å². The van der Waals surface area contributed by atoms with Crippen LogP contribution >= 0.6 is 22.9 Å². The molecule has 4 amide bonds. The van der Waals surface area contributed by atoms with E-state index in [-0.39, 0.29) is 75.2 Å². The molecule has 2 unspecified atom stereocenters. The zero-order valence-electron chi connectivity index (χ0n) is 48.5. The van der Waals surface area contributed by atoms with E-state index in [0.717, 1.165) is 119 Å². The van der Waals surface area contributed by atoms with Crippen LogP contribution in [0, 0.1) is 12.3 Å². The molecule has 0 saturated carbocycles. The number of aromatic nitrogens is 3. The Morgan fingerprint density at radius 1 is 0.869 bits per heavy atom. The first-order chi connectivity index (χ1) is 40.6. The number of β-amino-alcohol motifs (C(OH)–C–C–N with tert-alkyl or cyclic N) is 1. The number of rotatable bonds is 20. The number of aryl methyl sites for hydroxylation is 1. The van der Waals surface area contributed by atoms with Gasteiger partial charge < -0.3 is 44.7 Å². The summed E-state index contributed by atoms with van der Waals surface area (Å²) in [6.45, 7) is 13.5. The maximum Gasteiger partial charge on any atom is 0.410 e. The number of carbonyl (C=O) groups is 4. The molecule has 3 N–H and O–H groups in total. The number of thiazole rings is 1. The van der Waals surface area contributed by atoms with Gasteiger partial charge in [0.2, 0.25) is 17.7 Å². The normalized spacial score (nSPS) is 21.0. The first kappa shape index (κ1) is 58.9. The van der Waals surface area contributed by atoms with E-state index in [4.69, 9.17) is 35.8 Å². The number of anilines is 2. The van der Waals surface area contributed by atoms with Crippen molar-refractivity contribution >= 4 is 69.0 Å². The summed E-state index contributed by atoms with van der Waals surface area (Å²) in [6, 6.07) is 28.7. The summed E-state index contributed by atoms with van der Waals surface area (Å²) in [6.07, 6.45) is 4.32. The molecule has 0 radical (unpaired) electrons. The van der Waals surface area contributed by atoms with Gasteiger partial charge in [-0.3, -0.25) is 24.2 Å². The lowest BCUT2D eigenvalue weighted by Crippen LogP contribution is -2.57. The molecule has 6 aromatic rings. The third-order valence-electron chi connectivity index (χ3n) is 17.2. The average molecular weight is 1180 g/mol. The predicted molar refractivity (Wildman–Crippen MR) is 325 cm³/mol. The lowest BCUT2D eigenvalue weighted by atomic mass is 9.85. The second-order valence-corrected chi connectivity index (χ2v) is 25.3. The molecule has 5 aliphatic rings. The van der Waals surface area contributed by atoms with Crippen LogP contribution in [0.5, 0.6) is 6.01 Å². The quantitative estimate of drug-likeness (QED) is 0.0614. The van der Waals surface area contributed by atoms with E-state index in [1.165, 1.54) is 4.90 Å². The van der Waals surface area contributed by atoms with E-state index in [1.807, 2.05) is 105 Å². The number of aliphatic hydroxyl groups is 1. The van der Waals surface area contributed by atoms with Gasteiger partial charge in [-0.1, -0.05) is 111 Å². The summed E-state index contributed by atoms with van der Waals surface area (Å²) in [5.41, 5.74) is 8.13. The molecule has 20 heteroatoms. The lowest BCUT2D eigenvalue weighted by Gasteiger charge is -2.42. The summed E-state index contributed by atoms with van der Waals surface area (Å²) < 4.78 is 18.5. The van der Waals surface area contributed by atoms with Crippen LogP contribution in [0.25, 0.3) is 21.2 Å². The Labute approximate surface area is 500 Å². The van der Waals surface area contributed by atoms with E-state index in [2.05, 4.69) is 54.6 Å². The molecule has 4 aromatic carbocycles. The summed E-state index contributed by atoms with van der Waals surface area (Å²) >= 11 is 8.44. The van der Waals surface area contributed by atoms with Crippen LogP contribution < -0.4 is 25.2 Å². The van der Waals surface area contributed by atoms with Gasteiger partial charge in [0.15, 0.2) is 0 Å². The minimum absolute atomic E-state index is 0.00172. The number of likely N-dealkylation sites (tertiary alicyclic amines) is 2. The van der Waals surface area contributed by atoms with Gasteiger partial charge in [0.1, 0.15) is 31.1 Å². The maximum atomic E-state index is 14.2. The van der Waals surface area contributed by atoms with Gasteiger partial charge in [-0.2, -0.15) is 9.97 Å². The monoisotopic (exact) mass is 1180 g/mol. The van der Waals surface area contributed by atoms with Crippen molar-refractivity contribution in [3.63, 3.8) is 0 Å². The van der Waals surface area contributed by atoms with Gasteiger partial charge in [0.25, 0.3) is 0 Å². The van der Waals surface area contributed by atoms with Crippen molar-refractivity contribution < 1.29 is 38.5 Å². The van der Waals surface area contributed by atoms with Crippen LogP contribution in [0.1, 0.15) is 93.8 Å². The third-order valence-corrected chi connectivity index (χ3v) is 18.5. The van der Waals surface area contributed by atoms with E-state index in [0.29, 0.717) is 43.9 Å². The van der Waals surface area contributed by atoms with E-state index in [9.17, 15) is 24.3 Å². The third kappa shape index (κ3) is 13.4. The Bertz CT molecular complexity index is 3290. The van der Waals surface area contributed by atoms with Gasteiger partial charge in [-0.25, -0.2) is 9.78 Å². The molecule has 84 heavy (non-hydrogen) atoms. The van der Waals surface area contributed by atoms with Crippen molar-refractivity contribution in [2.75, 3.05) is 68.9 Å². The van der Waals surface area contributed by atoms with Gasteiger partial charge in [0.05, 0.1) is 58.1 Å². The molecule has 5 aliphatic heterocycles. The molecule has 2 aromatic heterocycles. The number of piperazine rings is 1. The minimum atomic E-state index is -0.931. The van der Waals surface area contributed by atoms with E-state index >= 15 is 0 Å². The highest BCUT2D eigenvalue weighted by Gasteiger charge is 2.46. The van der Waals surface area contributed by atoms with Gasteiger partial charge >= 0.3 is 12.1 Å². The molecule has 18 nitrogen and oxygen atoms in total. The van der Waals surface area contributed by atoms with Crippen LogP contribution in [-0.2, 0) is 50.0 Å². The van der Waals surface area contributed by atoms with Crippen molar-refractivity contribution in [1.82, 2.24) is 40.3 Å². The van der Waals surface area contributed by atoms with E-state index in [1.54, 1.807) is 11.3 Å². The number of halogens is 1. The number of benzene rings is 4. The van der Waals surface area contributed by atoms with Crippen molar-refractivity contribution in [1.29, 1.82) is 0 Å². The molecule has 0 spiro atoms. The Kier molecular flexibility index (Phi) is 18.3. The number of nitrogens with one attached hydrogen (secondary N) is 2. The Balaban J connectivity index is 0.673. The number of carbonyl (C=O) groups excluding carboxylic acids is 4. The number of aliphatic hydroxyl groups excluding tert-OH is 1. The predicted octanol–water partition coefficient (Wildman–Crippen LogP) is 8.72. The van der Waals surface area contributed by atoms with Gasteiger partial charge in [-0.15, -0.1) is 11.3 Å². The van der Waals surface area contributed by atoms with Gasteiger partial charge in [-0.05, 0) is 91.6 Å². The van der Waals surface area contributed by atoms with Gasteiger partial charge in [0, 0.05) is 81.4 Å². The summed E-state index contributed by atoms with van der Waals surface area (Å²) in [4.78, 5) is 81.2. The standard InChI is InChI=1S/C64H77ClN10O8S/c1-41-57(84-40-67-41)45-21-19-42(20-22-45)33-66-60(78)54-32-49(76)36-74(54)61(79)58(64(2,3)4)69-55(77)26-31-81-30-11-28-71-27-10-16-48(71)39-82-62-68-52-37-72(53-18-9-15-44-14-8-17-51(65)56(44)53)29-25-50(52)59(70-62)73-34-46-23-24-47(35-73)75(46)63(80)83-38-43-12-6-5-7-13-43/h5-9,12-15,17-22,40,46-49,54,58,76H,10-11,16,23-39H2,1-4H3,(H,66,78)(H,69,77)/t46?,47?,48-,49+,54-,58+/m0/s1. The fraction of sp³-hybridized carbons (Fsp3) is 0.484. The molecule has 7 heterocycles. The second kappa shape index (κ2) is 26.2. The Morgan fingerprint density at radius 3 is 2.39 bits per heavy atom. The fourth-order valence-electron chi connectivity index (χ4n) is 12.8. The minimum Gasteiger partial charge on any atom is -0.462 e. The van der Waals surface area contributed by atoms with Crippen molar-refractivity contribution in [3.8, 4) is 16.5 Å². The fourth-order valence-corrected chi connectivity index (χ4v) is 13.9. The summed E-state index contributed by atoms with van der Waals surface area (Å²) in [5.74, 6) is -0.210. The zero-order valence-corrected chi connectivity index (χ0v) is 50.1. The summed E-state index contributed by atoms with van der Waals surface area (Å²) in [5, 5.41) is 19.4. The first-order valence-corrected chi connectivity index (χ1v) is 31.0. The molecular weight excluding hydrogens is 1100 g/mol. The lowest BCUT2D eigenvalue weighted by molar-refractivity contribution is -0.144. The molecule has 2 bridgehead atoms. The topological polar surface area (TPSA) is 195 Å². The molecule has 0 aliphatic carbocycles. The largest absolute Gasteiger partial charge is 0.462 e. The Morgan fingerprint density at radius 2 is 1.64 bits per heavy atom. The van der Waals surface area contributed by atoms with Crippen LogP contribution in [0.2, 0.25) is 5.02 Å². The van der Waals surface area contributed by atoms with Crippen LogP contribution in [0.15, 0.2) is 96.5 Å². The number of ether oxygens (including phenoxy) is 3. The maximum absolute atomic E-state index is 14.2. The highest BCUT2D eigenvalue weighted by atomic mass is 35.5. The number of hydrogen-bond acceptors (Lipinski definition) is 15. The highest BCUT2D eigenvalue weighted by molar-refractivity contribution is 7.13. The molecular formula is C64H77ClN10O8S. The Hall–Kier alpha value is -6.90. The van der Waals surface area contributed by atoms with Crippen molar-refractivity contribution in [2.45, 2.75) is 135 Å². The SMILES string of the molecule is Cc1ncsc1-c1ccc(CNC(=O)[C@@H]2C[C@@H](O)CN2C(=O)[C@@H](NC(=O)CCOCCCN2CCC[C@H]2COc2nc3c(c(N4CC5CCC(C4)N5C(=O)OCc4ccccc4)n2)CCN(c2cccc4cccc(Cl)c24)C3)C(C)(C)C)cc1. The smallest absolute Gasteiger partial charge is 0.410 e. The van der Waals surface area contributed by atoms with Crippen LogP contribution in [0.3, 0.4) is 0 Å². The number of nitrogens with zero attached hydrogens (tertiary/aromatic N) is 8. The molecule has 444 valence electrons.